The van der Waals surface area contributed by atoms with Gasteiger partial charge in [-0.2, -0.15) is 4.98 Å². The number of fused-ring (bicyclic) bond motifs is 1. The lowest BCUT2D eigenvalue weighted by Gasteiger charge is -2.35. The quantitative estimate of drug-likeness (QED) is 0.345. The monoisotopic (exact) mass is 577 g/mol. The number of piperidine rings is 1. The van der Waals surface area contributed by atoms with Crippen molar-refractivity contribution in [2.45, 2.75) is 70.8 Å². The van der Waals surface area contributed by atoms with E-state index in [-0.39, 0.29) is 11.6 Å². The molecular formula is C32H44ClN7O. The van der Waals surface area contributed by atoms with Gasteiger partial charge < -0.3 is 20.4 Å². The van der Waals surface area contributed by atoms with E-state index in [9.17, 15) is 4.79 Å². The van der Waals surface area contributed by atoms with Crippen molar-refractivity contribution in [3.63, 3.8) is 0 Å². The van der Waals surface area contributed by atoms with Gasteiger partial charge in [0.05, 0.1) is 10.7 Å². The molecule has 0 unspecified atom stereocenters. The predicted octanol–water partition coefficient (Wildman–Crippen LogP) is 5.90. The van der Waals surface area contributed by atoms with Gasteiger partial charge in [-0.15, -0.1) is 0 Å². The zero-order valence-corrected chi connectivity index (χ0v) is 25.1. The van der Waals surface area contributed by atoms with E-state index in [0.717, 1.165) is 90.8 Å². The summed E-state index contributed by atoms with van der Waals surface area (Å²) in [5, 5.41) is 8.45. The van der Waals surface area contributed by atoms with Crippen molar-refractivity contribution in [1.29, 1.82) is 0 Å². The third kappa shape index (κ3) is 6.71. The van der Waals surface area contributed by atoms with Crippen LogP contribution < -0.4 is 21.1 Å². The number of pyridine rings is 1. The highest BCUT2D eigenvalue weighted by atomic mass is 35.5. The Morgan fingerprint density at radius 2 is 1.80 bits per heavy atom. The molecule has 9 heteroatoms. The Bertz CT molecular complexity index is 1390. The molecule has 6 rings (SSSR count). The molecule has 2 aromatic heterocycles. The minimum Gasteiger partial charge on any atom is -0.370 e. The van der Waals surface area contributed by atoms with E-state index >= 15 is 0 Å². The van der Waals surface area contributed by atoms with Crippen molar-refractivity contribution in [3.8, 4) is 0 Å². The summed E-state index contributed by atoms with van der Waals surface area (Å²) in [6, 6.07) is 8.06. The van der Waals surface area contributed by atoms with Crippen LogP contribution in [0.2, 0.25) is 5.02 Å². The van der Waals surface area contributed by atoms with E-state index in [4.69, 9.17) is 16.6 Å². The Hall–Kier alpha value is -2.68. The smallest absolute Gasteiger partial charge is 0.252 e. The maximum absolute atomic E-state index is 13.0. The number of hydrogen-bond donors (Lipinski definition) is 2. The van der Waals surface area contributed by atoms with Gasteiger partial charge in [0.2, 0.25) is 5.95 Å². The molecule has 2 saturated heterocycles. The van der Waals surface area contributed by atoms with Crippen LogP contribution in [-0.4, -0.2) is 65.2 Å². The second-order valence-electron chi connectivity index (χ2n) is 12.2. The van der Waals surface area contributed by atoms with Crippen molar-refractivity contribution in [1.82, 2.24) is 24.8 Å². The standard InChI is InChI=1S/C32H44ClN7O/c1-23-20-30(41)40(26-7-3-2-4-8-26)31-27(23)22-35-32(37-31)36-25-9-10-29(28(33)21-25)39-16-11-24(12-17-39)6-5-15-38-18-13-34-14-19-38/h9-10,20-22,24,26,34H,2-8,11-19H2,1H3,(H,35,36,37). The third-order valence-electron chi connectivity index (χ3n) is 9.39. The predicted molar refractivity (Wildman–Crippen MR) is 169 cm³/mol. The van der Waals surface area contributed by atoms with Gasteiger partial charge in [-0.3, -0.25) is 9.36 Å². The summed E-state index contributed by atoms with van der Waals surface area (Å²) in [6.07, 6.45) is 12.5. The lowest BCUT2D eigenvalue weighted by atomic mass is 9.92. The second kappa shape index (κ2) is 13.1. The van der Waals surface area contributed by atoms with E-state index in [1.807, 2.05) is 23.8 Å². The van der Waals surface area contributed by atoms with Gasteiger partial charge in [-0.25, -0.2) is 4.98 Å². The van der Waals surface area contributed by atoms with Crippen LogP contribution in [0.4, 0.5) is 17.3 Å². The summed E-state index contributed by atoms with van der Waals surface area (Å²) >= 11 is 6.82. The van der Waals surface area contributed by atoms with Crippen molar-refractivity contribution < 1.29 is 0 Å². The second-order valence-corrected chi connectivity index (χ2v) is 12.6. The van der Waals surface area contributed by atoms with E-state index in [1.165, 1.54) is 51.7 Å². The number of benzene rings is 1. The third-order valence-corrected chi connectivity index (χ3v) is 9.70. The number of piperazine rings is 1. The molecule has 3 fully saturated rings. The van der Waals surface area contributed by atoms with Crippen molar-refractivity contribution in [2.24, 2.45) is 5.92 Å². The first kappa shape index (κ1) is 28.4. The van der Waals surface area contributed by atoms with Crippen LogP contribution in [0.15, 0.2) is 35.3 Å². The largest absolute Gasteiger partial charge is 0.370 e. The van der Waals surface area contributed by atoms with E-state index in [0.29, 0.717) is 5.95 Å². The first-order valence-corrected chi connectivity index (χ1v) is 16.1. The Morgan fingerprint density at radius 3 is 2.56 bits per heavy atom. The van der Waals surface area contributed by atoms with Crippen LogP contribution in [0.25, 0.3) is 11.0 Å². The molecule has 0 radical (unpaired) electrons. The molecule has 0 spiro atoms. The Morgan fingerprint density at radius 1 is 1.02 bits per heavy atom. The van der Waals surface area contributed by atoms with Gasteiger partial charge in [0.15, 0.2) is 0 Å². The highest BCUT2D eigenvalue weighted by molar-refractivity contribution is 6.33. The van der Waals surface area contributed by atoms with Crippen molar-refractivity contribution in [3.05, 3.63) is 51.4 Å². The summed E-state index contributed by atoms with van der Waals surface area (Å²) in [7, 11) is 0. The lowest BCUT2D eigenvalue weighted by Crippen LogP contribution is -2.43. The lowest BCUT2D eigenvalue weighted by molar-refractivity contribution is 0.227. The van der Waals surface area contributed by atoms with Crippen LogP contribution in [0.3, 0.4) is 0 Å². The van der Waals surface area contributed by atoms with E-state index in [2.05, 4.69) is 37.6 Å². The highest BCUT2D eigenvalue weighted by Crippen LogP contribution is 2.34. The summed E-state index contributed by atoms with van der Waals surface area (Å²) < 4.78 is 1.90. The minimum atomic E-state index is 0.0299. The molecule has 4 heterocycles. The van der Waals surface area contributed by atoms with E-state index in [1.54, 1.807) is 6.07 Å². The normalized spacial score (nSPS) is 19.6. The maximum atomic E-state index is 13.0. The van der Waals surface area contributed by atoms with E-state index < -0.39 is 0 Å². The first-order valence-electron chi connectivity index (χ1n) is 15.7. The van der Waals surface area contributed by atoms with Crippen LogP contribution in [0.5, 0.6) is 0 Å². The molecular weight excluding hydrogens is 534 g/mol. The minimum absolute atomic E-state index is 0.0299. The van der Waals surface area contributed by atoms with Gasteiger partial charge in [-0.1, -0.05) is 30.9 Å². The zero-order valence-electron chi connectivity index (χ0n) is 24.4. The molecule has 2 aliphatic heterocycles. The van der Waals surface area contributed by atoms with Crippen LogP contribution in [0.1, 0.15) is 69.4 Å². The zero-order chi connectivity index (χ0) is 28.2. The molecule has 0 amide bonds. The number of aryl methyl sites for hydroxylation is 1. The number of anilines is 3. The molecule has 41 heavy (non-hydrogen) atoms. The van der Waals surface area contributed by atoms with Crippen LogP contribution in [-0.2, 0) is 0 Å². The Labute approximate surface area is 248 Å². The fourth-order valence-electron chi connectivity index (χ4n) is 6.99. The van der Waals surface area contributed by atoms with Gasteiger partial charge in [-0.05, 0) is 81.7 Å². The average Bonchev–Trinajstić information content (AvgIpc) is 2.99. The SMILES string of the molecule is Cc1cc(=O)n(C2CCCCC2)c2nc(Nc3ccc(N4CCC(CCCN5CCNCC5)CC4)c(Cl)c3)ncc12. The number of rotatable bonds is 8. The summed E-state index contributed by atoms with van der Waals surface area (Å²) in [6.45, 7) is 9.94. The van der Waals surface area contributed by atoms with Gasteiger partial charge in [0.25, 0.3) is 5.56 Å². The fourth-order valence-corrected chi connectivity index (χ4v) is 7.30. The molecule has 8 nitrogen and oxygen atoms in total. The van der Waals surface area contributed by atoms with Crippen LogP contribution >= 0.6 is 11.6 Å². The molecule has 2 N–H and O–H groups in total. The number of nitrogens with one attached hydrogen (secondary N) is 2. The molecule has 1 saturated carbocycles. The molecule has 0 atom stereocenters. The number of halogens is 1. The molecule has 3 aromatic rings. The first-order chi connectivity index (χ1) is 20.0. The molecule has 220 valence electrons. The maximum Gasteiger partial charge on any atom is 0.252 e. The Kier molecular flexibility index (Phi) is 9.08. The summed E-state index contributed by atoms with van der Waals surface area (Å²) in [5.41, 5.74) is 3.61. The average molecular weight is 578 g/mol. The van der Waals surface area contributed by atoms with Gasteiger partial charge in [0.1, 0.15) is 5.65 Å². The molecule has 1 aliphatic carbocycles. The van der Waals surface area contributed by atoms with Crippen molar-refractivity contribution >= 4 is 40.0 Å². The molecule has 3 aliphatic rings. The summed E-state index contributed by atoms with van der Waals surface area (Å²) in [5.74, 6) is 1.30. The van der Waals surface area contributed by atoms with Crippen LogP contribution in [0, 0.1) is 12.8 Å². The van der Waals surface area contributed by atoms with Gasteiger partial charge in [0, 0.05) is 68.6 Å². The fraction of sp³-hybridized carbons (Fsp3) is 0.594. The molecule has 0 bridgehead atoms. The number of aromatic nitrogens is 3. The number of nitrogens with zero attached hydrogens (tertiary/aromatic N) is 5. The highest BCUT2D eigenvalue weighted by Gasteiger charge is 2.23. The summed E-state index contributed by atoms with van der Waals surface area (Å²) in [4.78, 5) is 27.5. The van der Waals surface area contributed by atoms with Crippen molar-refractivity contribution in [2.75, 3.05) is 56.0 Å². The van der Waals surface area contributed by atoms with Gasteiger partial charge >= 0.3 is 0 Å². The Balaban J connectivity index is 1.09. The number of hydrogen-bond acceptors (Lipinski definition) is 7. The molecule has 1 aromatic carbocycles. The topological polar surface area (TPSA) is 78.3 Å².